The lowest BCUT2D eigenvalue weighted by atomic mass is 10.1. The normalized spacial score (nSPS) is 13.0. The zero-order valence-corrected chi connectivity index (χ0v) is 14.0. The fraction of sp³-hybridized carbons (Fsp3) is 0.250. The molecule has 0 bridgehead atoms. The van der Waals surface area contributed by atoms with E-state index in [4.69, 9.17) is 13.9 Å². The number of carbonyl (C=O) groups is 1. The van der Waals surface area contributed by atoms with Crippen LogP contribution in [0.5, 0.6) is 11.5 Å². The van der Waals surface area contributed by atoms with Crippen LogP contribution in [0.15, 0.2) is 52.9 Å². The second-order valence-corrected chi connectivity index (χ2v) is 5.95. The Morgan fingerprint density at radius 2 is 1.84 bits per heavy atom. The molecule has 0 atom stereocenters. The summed E-state index contributed by atoms with van der Waals surface area (Å²) in [5, 5.41) is 0.932. The van der Waals surface area contributed by atoms with Crippen LogP contribution in [0.1, 0.15) is 23.0 Å². The molecule has 1 aliphatic rings. The van der Waals surface area contributed by atoms with Gasteiger partial charge in [0.05, 0.1) is 0 Å². The second kappa shape index (κ2) is 6.51. The van der Waals surface area contributed by atoms with E-state index in [9.17, 15) is 4.79 Å². The van der Waals surface area contributed by atoms with Gasteiger partial charge in [-0.2, -0.15) is 0 Å². The van der Waals surface area contributed by atoms with Crippen molar-refractivity contribution in [2.45, 2.75) is 13.5 Å². The molecule has 0 radical (unpaired) electrons. The third kappa shape index (κ3) is 3.05. The number of para-hydroxylation sites is 1. The van der Waals surface area contributed by atoms with Gasteiger partial charge >= 0.3 is 0 Å². The van der Waals surface area contributed by atoms with Gasteiger partial charge in [-0.3, -0.25) is 4.79 Å². The molecular weight excluding hydrogens is 318 g/mol. The first-order valence-electron chi connectivity index (χ1n) is 8.41. The summed E-state index contributed by atoms with van der Waals surface area (Å²) in [6.45, 7) is 4.15. The maximum Gasteiger partial charge on any atom is 0.289 e. The van der Waals surface area contributed by atoms with Gasteiger partial charge in [0.25, 0.3) is 5.91 Å². The van der Waals surface area contributed by atoms with E-state index in [1.165, 1.54) is 0 Å². The Kier molecular flexibility index (Phi) is 4.06. The second-order valence-electron chi connectivity index (χ2n) is 5.95. The van der Waals surface area contributed by atoms with Gasteiger partial charge in [0, 0.05) is 18.5 Å². The molecule has 2 aromatic carbocycles. The molecule has 0 saturated heterocycles. The Hall–Kier alpha value is -2.95. The number of ether oxygens (including phenoxy) is 2. The summed E-state index contributed by atoms with van der Waals surface area (Å²) in [4.78, 5) is 14.6. The SMILES string of the molecule is CCN(Cc1ccc2c(c1)OCCO2)C(=O)c1cc2ccccc2o1. The number of nitrogens with zero attached hydrogens (tertiary/aromatic N) is 1. The van der Waals surface area contributed by atoms with Crippen molar-refractivity contribution in [3.8, 4) is 11.5 Å². The van der Waals surface area contributed by atoms with Gasteiger partial charge in [0.1, 0.15) is 18.8 Å². The highest BCUT2D eigenvalue weighted by molar-refractivity contribution is 5.96. The van der Waals surface area contributed by atoms with Gasteiger partial charge in [-0.05, 0) is 36.8 Å². The number of furan rings is 1. The largest absolute Gasteiger partial charge is 0.486 e. The summed E-state index contributed by atoms with van der Waals surface area (Å²) >= 11 is 0. The van der Waals surface area contributed by atoms with Crippen LogP contribution in [0.2, 0.25) is 0 Å². The monoisotopic (exact) mass is 337 g/mol. The molecule has 4 rings (SSSR count). The molecule has 0 unspecified atom stereocenters. The van der Waals surface area contributed by atoms with Crippen molar-refractivity contribution >= 4 is 16.9 Å². The molecule has 0 aliphatic carbocycles. The zero-order valence-electron chi connectivity index (χ0n) is 14.0. The Labute approximate surface area is 145 Å². The third-order valence-corrected chi connectivity index (χ3v) is 4.29. The number of amides is 1. The molecule has 1 aromatic heterocycles. The number of hydrogen-bond donors (Lipinski definition) is 0. The topological polar surface area (TPSA) is 51.9 Å². The number of rotatable bonds is 4. The summed E-state index contributed by atoms with van der Waals surface area (Å²) < 4.78 is 16.9. The van der Waals surface area contributed by atoms with Gasteiger partial charge in [-0.1, -0.05) is 24.3 Å². The first kappa shape index (κ1) is 15.6. The van der Waals surface area contributed by atoms with E-state index in [0.29, 0.717) is 32.1 Å². The summed E-state index contributed by atoms with van der Waals surface area (Å²) in [7, 11) is 0. The van der Waals surface area contributed by atoms with Crippen molar-refractivity contribution < 1.29 is 18.7 Å². The summed E-state index contributed by atoms with van der Waals surface area (Å²) in [6, 6.07) is 15.2. The number of benzene rings is 2. The molecular formula is C20H19NO4. The standard InChI is InChI=1S/C20H19NO4/c1-2-21(13-14-7-8-17-18(11-14)24-10-9-23-17)20(22)19-12-15-5-3-4-6-16(15)25-19/h3-8,11-12H,2,9-10,13H2,1H3. The highest BCUT2D eigenvalue weighted by Gasteiger charge is 2.20. The van der Waals surface area contributed by atoms with Crippen molar-refractivity contribution in [2.24, 2.45) is 0 Å². The van der Waals surface area contributed by atoms with E-state index in [1.54, 1.807) is 11.0 Å². The molecule has 1 amide bonds. The Morgan fingerprint density at radius 1 is 1.04 bits per heavy atom. The predicted octanol–water partition coefficient (Wildman–Crippen LogP) is 3.87. The number of hydrogen-bond acceptors (Lipinski definition) is 4. The van der Waals surface area contributed by atoms with Crippen LogP contribution in [-0.2, 0) is 6.54 Å². The van der Waals surface area contributed by atoms with Crippen molar-refractivity contribution in [3.05, 3.63) is 59.9 Å². The molecule has 25 heavy (non-hydrogen) atoms. The summed E-state index contributed by atoms with van der Waals surface area (Å²) in [6.07, 6.45) is 0. The predicted molar refractivity (Wildman–Crippen MR) is 94.1 cm³/mol. The quantitative estimate of drug-likeness (QED) is 0.725. The van der Waals surface area contributed by atoms with E-state index in [2.05, 4.69) is 0 Å². The Bertz CT molecular complexity index is 882. The van der Waals surface area contributed by atoms with Crippen molar-refractivity contribution in [3.63, 3.8) is 0 Å². The molecule has 1 aliphatic heterocycles. The average molecular weight is 337 g/mol. The van der Waals surface area contributed by atoms with Gasteiger partial charge < -0.3 is 18.8 Å². The maximum atomic E-state index is 12.8. The highest BCUT2D eigenvalue weighted by atomic mass is 16.6. The zero-order chi connectivity index (χ0) is 17.2. The Morgan fingerprint density at radius 3 is 2.64 bits per heavy atom. The molecule has 2 heterocycles. The minimum atomic E-state index is -0.117. The van der Waals surface area contributed by atoms with E-state index in [-0.39, 0.29) is 5.91 Å². The summed E-state index contributed by atoms with van der Waals surface area (Å²) in [5.41, 5.74) is 1.72. The van der Waals surface area contributed by atoms with Crippen molar-refractivity contribution in [1.82, 2.24) is 4.90 Å². The first-order chi connectivity index (χ1) is 12.2. The van der Waals surface area contributed by atoms with Gasteiger partial charge in [-0.25, -0.2) is 0 Å². The van der Waals surface area contributed by atoms with Crippen LogP contribution in [0.25, 0.3) is 11.0 Å². The molecule has 5 heteroatoms. The molecule has 0 saturated carbocycles. The van der Waals surface area contributed by atoms with Gasteiger partial charge in [-0.15, -0.1) is 0 Å². The van der Waals surface area contributed by atoms with Crippen molar-refractivity contribution in [1.29, 1.82) is 0 Å². The lowest BCUT2D eigenvalue weighted by Gasteiger charge is -2.22. The average Bonchev–Trinajstić information content (AvgIpc) is 3.09. The van der Waals surface area contributed by atoms with Crippen LogP contribution in [0, 0.1) is 0 Å². The third-order valence-electron chi connectivity index (χ3n) is 4.29. The lowest BCUT2D eigenvalue weighted by molar-refractivity contribution is 0.0722. The fourth-order valence-electron chi connectivity index (χ4n) is 2.98. The number of carbonyl (C=O) groups excluding carboxylic acids is 1. The van der Waals surface area contributed by atoms with Crippen LogP contribution in [0.3, 0.4) is 0 Å². The molecule has 5 nitrogen and oxygen atoms in total. The van der Waals surface area contributed by atoms with Crippen LogP contribution >= 0.6 is 0 Å². The molecule has 0 N–H and O–H groups in total. The minimum Gasteiger partial charge on any atom is -0.486 e. The van der Waals surface area contributed by atoms with E-state index >= 15 is 0 Å². The van der Waals surface area contributed by atoms with Crippen LogP contribution in [0.4, 0.5) is 0 Å². The maximum absolute atomic E-state index is 12.8. The van der Waals surface area contributed by atoms with Crippen LogP contribution < -0.4 is 9.47 Å². The lowest BCUT2D eigenvalue weighted by Crippen LogP contribution is -2.30. The Balaban J connectivity index is 1.56. The van der Waals surface area contributed by atoms with E-state index < -0.39 is 0 Å². The minimum absolute atomic E-state index is 0.117. The smallest absolute Gasteiger partial charge is 0.289 e. The van der Waals surface area contributed by atoms with Crippen molar-refractivity contribution in [2.75, 3.05) is 19.8 Å². The molecule has 0 spiro atoms. The first-order valence-corrected chi connectivity index (χ1v) is 8.41. The highest BCUT2D eigenvalue weighted by Crippen LogP contribution is 2.31. The van der Waals surface area contributed by atoms with Gasteiger partial charge in [0.2, 0.25) is 0 Å². The molecule has 3 aromatic rings. The van der Waals surface area contributed by atoms with E-state index in [1.807, 2.05) is 49.4 Å². The van der Waals surface area contributed by atoms with Gasteiger partial charge in [0.15, 0.2) is 17.3 Å². The summed E-state index contributed by atoms with van der Waals surface area (Å²) in [5.74, 6) is 1.73. The van der Waals surface area contributed by atoms with E-state index in [0.717, 1.165) is 28.0 Å². The fourth-order valence-corrected chi connectivity index (χ4v) is 2.98. The molecule has 0 fully saturated rings. The number of fused-ring (bicyclic) bond motifs is 2. The van der Waals surface area contributed by atoms with Crippen LogP contribution in [-0.4, -0.2) is 30.6 Å². The molecule has 128 valence electrons.